The maximum atomic E-state index is 12.7. The van der Waals surface area contributed by atoms with Crippen molar-refractivity contribution in [1.82, 2.24) is 14.1 Å². The average Bonchev–Trinajstić information content (AvgIpc) is 3.44. The number of anilines is 1. The van der Waals surface area contributed by atoms with E-state index in [1.165, 1.54) is 5.56 Å². The van der Waals surface area contributed by atoms with E-state index in [1.807, 2.05) is 48.1 Å². The molecule has 0 aliphatic carbocycles. The lowest BCUT2D eigenvalue weighted by molar-refractivity contribution is 0.0550. The summed E-state index contributed by atoms with van der Waals surface area (Å²) in [5.74, 6) is 0.311. The first-order valence-electron chi connectivity index (χ1n) is 12.7. The number of benzene rings is 2. The molecule has 1 atom stereocenters. The summed E-state index contributed by atoms with van der Waals surface area (Å²) in [5.41, 5.74) is 4.93. The molecular weight excluding hydrogens is 500 g/mol. The van der Waals surface area contributed by atoms with Crippen LogP contribution in [-0.4, -0.2) is 42.0 Å². The molecule has 1 fully saturated rings. The Bertz CT molecular complexity index is 1800. The van der Waals surface area contributed by atoms with Crippen LogP contribution in [0.3, 0.4) is 0 Å². The van der Waals surface area contributed by atoms with E-state index in [0.717, 1.165) is 46.6 Å². The molecule has 9 heteroatoms. The van der Waals surface area contributed by atoms with Crippen LogP contribution in [0.5, 0.6) is 0 Å². The van der Waals surface area contributed by atoms with Crippen LogP contribution in [-0.2, 0) is 21.8 Å². The number of sulfonamides is 1. The summed E-state index contributed by atoms with van der Waals surface area (Å²) in [6, 6.07) is 20.1. The first-order valence-corrected chi connectivity index (χ1v) is 14.6. The molecule has 0 saturated carbocycles. The van der Waals surface area contributed by atoms with Crippen molar-refractivity contribution in [3.8, 4) is 11.3 Å². The molecule has 2 aromatic carbocycles. The second-order valence-electron chi connectivity index (χ2n) is 10.0. The molecule has 2 N–H and O–H groups in total. The van der Waals surface area contributed by atoms with Gasteiger partial charge in [0.1, 0.15) is 5.52 Å². The molecule has 1 aliphatic rings. The molecule has 5 aromatic rings. The molecule has 8 nitrogen and oxygen atoms in total. The van der Waals surface area contributed by atoms with Gasteiger partial charge in [-0.25, -0.2) is 8.42 Å². The van der Waals surface area contributed by atoms with E-state index < -0.39 is 10.0 Å². The number of fused-ring (bicyclic) bond motifs is 2. The second kappa shape index (κ2) is 9.49. The SMILES string of the molecule is Cn1cc(-c2cc3c(NS(C)(=O)=O)cccc3n2C(c2ccccc2)C2CCOCC2)c2cc[nH]c(=O)c21. The maximum absolute atomic E-state index is 12.7. The molecule has 0 amide bonds. The van der Waals surface area contributed by atoms with Gasteiger partial charge in [-0.2, -0.15) is 0 Å². The molecule has 196 valence electrons. The highest BCUT2D eigenvalue weighted by atomic mass is 32.2. The first kappa shape index (κ1) is 24.5. The Morgan fingerprint density at radius 3 is 2.53 bits per heavy atom. The molecule has 0 bridgehead atoms. The normalized spacial score (nSPS) is 15.7. The Kier molecular flexibility index (Phi) is 6.12. The minimum Gasteiger partial charge on any atom is -0.381 e. The minimum atomic E-state index is -3.49. The topological polar surface area (TPSA) is 98.1 Å². The Labute approximate surface area is 220 Å². The zero-order valence-electron chi connectivity index (χ0n) is 21.3. The van der Waals surface area contributed by atoms with Crippen LogP contribution in [0.4, 0.5) is 5.69 Å². The van der Waals surface area contributed by atoms with Gasteiger partial charge in [-0.1, -0.05) is 36.4 Å². The van der Waals surface area contributed by atoms with Gasteiger partial charge in [0.05, 0.1) is 29.2 Å². The number of H-pyrrole nitrogens is 1. The number of aryl methyl sites for hydroxylation is 1. The highest BCUT2D eigenvalue weighted by molar-refractivity contribution is 7.92. The number of hydrogen-bond donors (Lipinski definition) is 2. The molecule has 1 aliphatic heterocycles. The summed E-state index contributed by atoms with van der Waals surface area (Å²) in [7, 11) is -1.62. The molecule has 38 heavy (non-hydrogen) atoms. The number of hydrogen-bond acceptors (Lipinski definition) is 4. The van der Waals surface area contributed by atoms with Gasteiger partial charge in [-0.15, -0.1) is 0 Å². The second-order valence-corrected chi connectivity index (χ2v) is 11.8. The van der Waals surface area contributed by atoms with Crippen LogP contribution < -0.4 is 10.3 Å². The number of aromatic nitrogens is 3. The number of rotatable bonds is 6. The van der Waals surface area contributed by atoms with Crippen molar-refractivity contribution in [3.63, 3.8) is 0 Å². The van der Waals surface area contributed by atoms with Crippen molar-refractivity contribution < 1.29 is 13.2 Å². The zero-order chi connectivity index (χ0) is 26.4. The van der Waals surface area contributed by atoms with E-state index in [9.17, 15) is 13.2 Å². The average molecular weight is 531 g/mol. The Morgan fingerprint density at radius 2 is 1.79 bits per heavy atom. The largest absolute Gasteiger partial charge is 0.381 e. The summed E-state index contributed by atoms with van der Waals surface area (Å²) in [4.78, 5) is 15.5. The van der Waals surface area contributed by atoms with Gasteiger partial charge in [0.25, 0.3) is 5.56 Å². The first-order chi connectivity index (χ1) is 18.3. The Hall–Kier alpha value is -3.82. The van der Waals surface area contributed by atoms with Crippen molar-refractivity contribution in [2.75, 3.05) is 24.2 Å². The van der Waals surface area contributed by atoms with Crippen LogP contribution >= 0.6 is 0 Å². The highest BCUT2D eigenvalue weighted by Gasteiger charge is 2.31. The van der Waals surface area contributed by atoms with Crippen molar-refractivity contribution in [3.05, 3.63) is 89.0 Å². The van der Waals surface area contributed by atoms with Crippen LogP contribution in [0.2, 0.25) is 0 Å². The van der Waals surface area contributed by atoms with Gasteiger partial charge in [0.2, 0.25) is 10.0 Å². The predicted molar refractivity (Wildman–Crippen MR) is 151 cm³/mol. The molecule has 6 rings (SSSR count). The molecule has 0 spiro atoms. The monoisotopic (exact) mass is 530 g/mol. The summed E-state index contributed by atoms with van der Waals surface area (Å²) in [6.45, 7) is 1.40. The van der Waals surface area contributed by atoms with E-state index in [-0.39, 0.29) is 11.6 Å². The summed E-state index contributed by atoms with van der Waals surface area (Å²) >= 11 is 0. The quantitative estimate of drug-likeness (QED) is 0.327. The van der Waals surface area contributed by atoms with Crippen LogP contribution in [0, 0.1) is 5.92 Å². The molecule has 3 aromatic heterocycles. The molecular formula is C29H30N4O4S. The van der Waals surface area contributed by atoms with Gasteiger partial charge in [0.15, 0.2) is 0 Å². The van der Waals surface area contributed by atoms with Crippen LogP contribution in [0.25, 0.3) is 33.1 Å². The summed E-state index contributed by atoms with van der Waals surface area (Å²) < 4.78 is 37.1. The Balaban J connectivity index is 1.70. The third-order valence-electron chi connectivity index (χ3n) is 7.49. The fourth-order valence-corrected chi connectivity index (χ4v) is 6.51. The van der Waals surface area contributed by atoms with Crippen LogP contribution in [0.15, 0.2) is 77.9 Å². The molecule has 1 saturated heterocycles. The van der Waals surface area contributed by atoms with E-state index in [2.05, 4.69) is 38.5 Å². The fraction of sp³-hybridized carbons (Fsp3) is 0.276. The number of nitrogens with zero attached hydrogens (tertiary/aromatic N) is 2. The van der Waals surface area contributed by atoms with Gasteiger partial charge >= 0.3 is 0 Å². The summed E-state index contributed by atoms with van der Waals surface area (Å²) in [6.07, 6.45) is 6.64. The van der Waals surface area contributed by atoms with Crippen molar-refractivity contribution in [2.45, 2.75) is 18.9 Å². The minimum absolute atomic E-state index is 0.0154. The lowest BCUT2D eigenvalue weighted by Crippen LogP contribution is -2.27. The van der Waals surface area contributed by atoms with Gasteiger partial charge in [0, 0.05) is 49.0 Å². The Morgan fingerprint density at radius 1 is 1.03 bits per heavy atom. The van der Waals surface area contributed by atoms with Gasteiger partial charge in [-0.3, -0.25) is 9.52 Å². The number of aromatic amines is 1. The molecule has 1 unspecified atom stereocenters. The standard InChI is InChI=1S/C29H30N4O4S/c1-32-18-23(21-11-14-30-29(34)28(21)32)26-17-22-24(31-38(2,35)36)9-6-10-25(22)33(26)27(19-7-4-3-5-8-19)20-12-15-37-16-13-20/h3-11,14,17-18,20,27,31H,12-13,15-16H2,1-2H3,(H,30,34). The van der Waals surface area contributed by atoms with Crippen LogP contribution in [0.1, 0.15) is 24.4 Å². The zero-order valence-corrected chi connectivity index (χ0v) is 22.2. The predicted octanol–water partition coefficient (Wildman–Crippen LogP) is 4.88. The number of ether oxygens (including phenoxy) is 1. The third-order valence-corrected chi connectivity index (χ3v) is 8.08. The van der Waals surface area contributed by atoms with E-state index in [1.54, 1.807) is 12.3 Å². The fourth-order valence-electron chi connectivity index (χ4n) is 5.93. The van der Waals surface area contributed by atoms with E-state index in [4.69, 9.17) is 4.74 Å². The lowest BCUT2D eigenvalue weighted by atomic mass is 9.86. The van der Waals surface area contributed by atoms with E-state index >= 15 is 0 Å². The smallest absolute Gasteiger partial charge is 0.272 e. The van der Waals surface area contributed by atoms with Gasteiger partial charge < -0.3 is 18.9 Å². The maximum Gasteiger partial charge on any atom is 0.272 e. The molecule has 4 heterocycles. The number of nitrogens with one attached hydrogen (secondary N) is 2. The number of pyridine rings is 1. The third kappa shape index (κ3) is 4.31. The van der Waals surface area contributed by atoms with Crippen molar-refractivity contribution in [2.24, 2.45) is 13.0 Å². The summed E-state index contributed by atoms with van der Waals surface area (Å²) in [5, 5.41) is 1.65. The van der Waals surface area contributed by atoms with Crippen molar-refractivity contribution in [1.29, 1.82) is 0 Å². The highest BCUT2D eigenvalue weighted by Crippen LogP contribution is 2.43. The van der Waals surface area contributed by atoms with E-state index in [0.29, 0.717) is 30.3 Å². The van der Waals surface area contributed by atoms with Crippen molar-refractivity contribution >= 4 is 37.5 Å². The lowest BCUT2D eigenvalue weighted by Gasteiger charge is -2.34. The van der Waals surface area contributed by atoms with Gasteiger partial charge in [-0.05, 0) is 48.6 Å². The molecule has 0 radical (unpaired) electrons.